The number of benzene rings is 1. The second kappa shape index (κ2) is 2.86. The van der Waals surface area contributed by atoms with E-state index in [0.717, 1.165) is 11.0 Å². The van der Waals surface area contributed by atoms with Gasteiger partial charge in [-0.05, 0) is 37.6 Å². The first-order valence-electron chi connectivity index (χ1n) is 4.22. The van der Waals surface area contributed by atoms with Gasteiger partial charge in [0.15, 0.2) is 0 Å². The van der Waals surface area contributed by atoms with Crippen molar-refractivity contribution in [3.63, 3.8) is 0 Å². The van der Waals surface area contributed by atoms with E-state index in [2.05, 4.69) is 52.4 Å². The Morgan fingerprint density at radius 2 is 2.25 bits per heavy atom. The molecule has 1 unspecified atom stereocenters. The lowest BCUT2D eigenvalue weighted by molar-refractivity contribution is 0.237. The van der Waals surface area contributed by atoms with Crippen LogP contribution in [-0.4, -0.2) is 6.54 Å². The minimum absolute atomic E-state index is 0.226. The molecular weight excluding hydrogens is 214 g/mol. The van der Waals surface area contributed by atoms with Crippen LogP contribution in [0.15, 0.2) is 28.7 Å². The predicted octanol–water partition coefficient (Wildman–Crippen LogP) is 2.66. The van der Waals surface area contributed by atoms with Gasteiger partial charge < -0.3 is 5.32 Å². The summed E-state index contributed by atoms with van der Waals surface area (Å²) >= 11 is 3.48. The van der Waals surface area contributed by atoms with Crippen LogP contribution in [0.5, 0.6) is 0 Å². The quantitative estimate of drug-likeness (QED) is 0.776. The molecule has 64 valence electrons. The largest absolute Gasteiger partial charge is 0.307 e. The summed E-state index contributed by atoms with van der Waals surface area (Å²) in [5.74, 6) is 0. The molecule has 0 spiro atoms. The molecule has 1 fully saturated rings. The van der Waals surface area contributed by atoms with Crippen LogP contribution in [0.1, 0.15) is 18.9 Å². The summed E-state index contributed by atoms with van der Waals surface area (Å²) in [5.41, 5.74) is 1.60. The Morgan fingerprint density at radius 3 is 2.75 bits per heavy atom. The Hall–Kier alpha value is -0.340. The molecule has 0 aliphatic carbocycles. The Morgan fingerprint density at radius 1 is 1.50 bits per heavy atom. The molecule has 1 aliphatic rings. The zero-order valence-electron chi connectivity index (χ0n) is 7.10. The van der Waals surface area contributed by atoms with Gasteiger partial charge in [0.1, 0.15) is 0 Å². The fraction of sp³-hybridized carbons (Fsp3) is 0.400. The van der Waals surface area contributed by atoms with Crippen molar-refractivity contribution in [1.82, 2.24) is 5.32 Å². The molecule has 0 aromatic heterocycles. The number of nitrogens with one attached hydrogen (secondary N) is 1. The van der Waals surface area contributed by atoms with Crippen molar-refractivity contribution in [1.29, 1.82) is 0 Å². The van der Waals surface area contributed by atoms with E-state index in [0.29, 0.717) is 0 Å². The highest BCUT2D eigenvalue weighted by molar-refractivity contribution is 9.10. The Kier molecular flexibility index (Phi) is 1.97. The number of halogens is 1. The molecule has 1 nitrogen and oxygen atoms in total. The third-order valence-electron chi connectivity index (χ3n) is 2.60. The van der Waals surface area contributed by atoms with E-state index in [-0.39, 0.29) is 5.54 Å². The third kappa shape index (κ3) is 1.29. The molecule has 1 aromatic carbocycles. The number of hydrogen-bond donors (Lipinski definition) is 1. The summed E-state index contributed by atoms with van der Waals surface area (Å²) in [5, 5.41) is 3.44. The van der Waals surface area contributed by atoms with Gasteiger partial charge in [0.2, 0.25) is 0 Å². The minimum atomic E-state index is 0.226. The van der Waals surface area contributed by atoms with Crippen molar-refractivity contribution in [2.45, 2.75) is 18.9 Å². The van der Waals surface area contributed by atoms with Crippen LogP contribution in [0, 0.1) is 0 Å². The zero-order valence-corrected chi connectivity index (χ0v) is 8.69. The molecule has 0 radical (unpaired) electrons. The molecular formula is C10H12BrN. The molecule has 1 aliphatic heterocycles. The predicted molar refractivity (Wildman–Crippen MR) is 54.1 cm³/mol. The molecule has 0 amide bonds. The summed E-state index contributed by atoms with van der Waals surface area (Å²) in [6, 6.07) is 8.51. The van der Waals surface area contributed by atoms with Crippen molar-refractivity contribution < 1.29 is 0 Å². The molecule has 12 heavy (non-hydrogen) atoms. The summed E-state index contributed by atoms with van der Waals surface area (Å²) in [7, 11) is 0. The Bertz CT molecular complexity index is 292. The highest BCUT2D eigenvalue weighted by Crippen LogP contribution is 2.31. The summed E-state index contributed by atoms with van der Waals surface area (Å²) in [6.45, 7) is 3.39. The smallest absolute Gasteiger partial charge is 0.0418 e. The molecule has 0 saturated carbocycles. The molecule has 2 heteroatoms. The highest BCUT2D eigenvalue weighted by Gasteiger charge is 2.32. The van der Waals surface area contributed by atoms with Gasteiger partial charge in [-0.3, -0.25) is 0 Å². The molecule has 2 rings (SSSR count). The van der Waals surface area contributed by atoms with Gasteiger partial charge in [0, 0.05) is 10.0 Å². The number of hydrogen-bond acceptors (Lipinski definition) is 1. The molecule has 1 aromatic rings. The summed E-state index contributed by atoms with van der Waals surface area (Å²) < 4.78 is 1.16. The van der Waals surface area contributed by atoms with Gasteiger partial charge >= 0.3 is 0 Å². The Labute approximate surface area is 81.3 Å². The van der Waals surface area contributed by atoms with E-state index in [1.54, 1.807) is 0 Å². The monoisotopic (exact) mass is 225 g/mol. The lowest BCUT2D eigenvalue weighted by Crippen LogP contribution is -2.51. The van der Waals surface area contributed by atoms with Gasteiger partial charge in [-0.1, -0.05) is 28.1 Å². The first-order valence-corrected chi connectivity index (χ1v) is 5.01. The minimum Gasteiger partial charge on any atom is -0.307 e. The van der Waals surface area contributed by atoms with Crippen LogP contribution < -0.4 is 5.32 Å². The topological polar surface area (TPSA) is 12.0 Å². The van der Waals surface area contributed by atoms with Crippen LogP contribution in [0.4, 0.5) is 0 Å². The van der Waals surface area contributed by atoms with Crippen molar-refractivity contribution in [2.24, 2.45) is 0 Å². The van der Waals surface area contributed by atoms with Crippen LogP contribution in [0.3, 0.4) is 0 Å². The van der Waals surface area contributed by atoms with Gasteiger partial charge in [-0.15, -0.1) is 0 Å². The van der Waals surface area contributed by atoms with Gasteiger partial charge in [0.05, 0.1) is 0 Å². The van der Waals surface area contributed by atoms with Crippen LogP contribution in [0.2, 0.25) is 0 Å². The molecule has 1 atom stereocenters. The van der Waals surface area contributed by atoms with E-state index in [1.807, 2.05) is 0 Å². The third-order valence-corrected chi connectivity index (χ3v) is 3.10. The van der Waals surface area contributed by atoms with E-state index in [9.17, 15) is 0 Å². The van der Waals surface area contributed by atoms with E-state index < -0.39 is 0 Å². The van der Waals surface area contributed by atoms with Crippen molar-refractivity contribution in [3.05, 3.63) is 34.3 Å². The lowest BCUT2D eigenvalue weighted by Gasteiger charge is -2.40. The van der Waals surface area contributed by atoms with E-state index in [1.165, 1.54) is 12.0 Å². The first-order chi connectivity index (χ1) is 5.71. The zero-order chi connectivity index (χ0) is 8.60. The molecule has 1 N–H and O–H groups in total. The second-order valence-electron chi connectivity index (χ2n) is 3.52. The average molecular weight is 226 g/mol. The van der Waals surface area contributed by atoms with Crippen LogP contribution in [0.25, 0.3) is 0 Å². The number of rotatable bonds is 1. The molecule has 1 saturated heterocycles. The van der Waals surface area contributed by atoms with Gasteiger partial charge in [-0.25, -0.2) is 0 Å². The maximum Gasteiger partial charge on any atom is 0.0418 e. The Balaban J connectivity index is 2.33. The maximum absolute atomic E-state index is 3.48. The maximum atomic E-state index is 3.48. The standard InChI is InChI=1S/C10H12BrN/c1-10(5-6-12-10)8-3-2-4-9(11)7-8/h2-4,7,12H,5-6H2,1H3. The van der Waals surface area contributed by atoms with Crippen molar-refractivity contribution >= 4 is 15.9 Å². The van der Waals surface area contributed by atoms with Crippen LogP contribution >= 0.6 is 15.9 Å². The SMILES string of the molecule is CC1(c2cccc(Br)c2)CCN1. The van der Waals surface area contributed by atoms with Crippen LogP contribution in [-0.2, 0) is 5.54 Å². The van der Waals surface area contributed by atoms with Crippen molar-refractivity contribution in [2.75, 3.05) is 6.54 Å². The van der Waals surface area contributed by atoms with Gasteiger partial charge in [-0.2, -0.15) is 0 Å². The normalized spacial score (nSPS) is 28.2. The first kappa shape index (κ1) is 8.27. The second-order valence-corrected chi connectivity index (χ2v) is 4.43. The fourth-order valence-corrected chi connectivity index (χ4v) is 1.98. The van der Waals surface area contributed by atoms with E-state index in [4.69, 9.17) is 0 Å². The summed E-state index contributed by atoms with van der Waals surface area (Å²) in [4.78, 5) is 0. The molecule has 0 bridgehead atoms. The lowest BCUT2D eigenvalue weighted by atomic mass is 9.83. The highest BCUT2D eigenvalue weighted by atomic mass is 79.9. The fourth-order valence-electron chi connectivity index (χ4n) is 1.58. The van der Waals surface area contributed by atoms with Gasteiger partial charge in [0.25, 0.3) is 0 Å². The van der Waals surface area contributed by atoms with Crippen molar-refractivity contribution in [3.8, 4) is 0 Å². The summed E-state index contributed by atoms with van der Waals surface area (Å²) in [6.07, 6.45) is 1.24. The van der Waals surface area contributed by atoms with E-state index >= 15 is 0 Å². The molecule has 1 heterocycles. The average Bonchev–Trinajstić information content (AvgIpc) is 2.00.